The maximum Gasteiger partial charge on any atom is 0.342 e. The highest BCUT2D eigenvalue weighted by atomic mass is 16.2. The van der Waals surface area contributed by atoms with E-state index < -0.39 is 0 Å². The molecule has 0 atom stereocenters. The Hall–Kier alpha value is -1.28. The van der Waals surface area contributed by atoms with Crippen LogP contribution < -0.4 is 0 Å². The minimum atomic E-state index is -0.359. The second kappa shape index (κ2) is 1.91. The van der Waals surface area contributed by atoms with Gasteiger partial charge in [0.15, 0.2) is 5.78 Å². The molecule has 9 heavy (non-hydrogen) atoms. The molecule has 1 fully saturated rings. The molecular formula is C5H4N2O2. The van der Waals surface area contributed by atoms with Gasteiger partial charge in [-0.1, -0.05) is 0 Å². The van der Waals surface area contributed by atoms with Crippen molar-refractivity contribution in [2.45, 2.75) is 12.8 Å². The van der Waals surface area contributed by atoms with Crippen LogP contribution >= 0.6 is 0 Å². The maximum atomic E-state index is 10.5. The van der Waals surface area contributed by atoms with Crippen molar-refractivity contribution in [1.29, 1.82) is 0 Å². The van der Waals surface area contributed by atoms with Crippen molar-refractivity contribution in [3.8, 4) is 0 Å². The minimum absolute atomic E-state index is 0.00463. The Morgan fingerprint density at radius 3 is 2.22 bits per heavy atom. The Balaban J connectivity index is 2.94. The number of ketones is 2. The zero-order valence-corrected chi connectivity index (χ0v) is 4.63. The Kier molecular flexibility index (Phi) is 1.24. The SMILES string of the molecule is [N-]=[N+]=C1CC(=O)CC1=O. The van der Waals surface area contributed by atoms with Gasteiger partial charge in [-0.15, -0.1) is 0 Å². The average molecular weight is 124 g/mol. The molecule has 0 bridgehead atoms. The van der Waals surface area contributed by atoms with Crippen LogP contribution in [0.4, 0.5) is 0 Å². The molecule has 4 nitrogen and oxygen atoms in total. The fourth-order valence-corrected chi connectivity index (χ4v) is 0.720. The van der Waals surface area contributed by atoms with Gasteiger partial charge in [0, 0.05) is 0 Å². The van der Waals surface area contributed by atoms with E-state index in [1.165, 1.54) is 0 Å². The highest BCUT2D eigenvalue weighted by molar-refractivity contribution is 6.48. The molecule has 1 rings (SSSR count). The van der Waals surface area contributed by atoms with Gasteiger partial charge < -0.3 is 5.53 Å². The number of rotatable bonds is 0. The normalized spacial score (nSPS) is 18.4. The first-order valence-corrected chi connectivity index (χ1v) is 2.50. The molecule has 0 amide bonds. The molecule has 0 aromatic carbocycles. The van der Waals surface area contributed by atoms with E-state index >= 15 is 0 Å². The zero-order chi connectivity index (χ0) is 6.85. The smallest absolute Gasteiger partial charge is 0.342 e. The van der Waals surface area contributed by atoms with Crippen LogP contribution in [0.15, 0.2) is 0 Å². The molecule has 0 spiro atoms. The molecule has 1 saturated carbocycles. The second-order valence-corrected chi connectivity index (χ2v) is 1.86. The molecule has 0 saturated heterocycles. The zero-order valence-electron chi connectivity index (χ0n) is 4.63. The summed E-state index contributed by atoms with van der Waals surface area (Å²) in [6, 6.07) is 0. The van der Waals surface area contributed by atoms with Gasteiger partial charge in [0.1, 0.15) is 6.42 Å². The third-order valence-corrected chi connectivity index (χ3v) is 1.16. The Morgan fingerprint density at radius 1 is 1.33 bits per heavy atom. The summed E-state index contributed by atoms with van der Waals surface area (Å²) in [5.74, 6) is -0.532. The molecule has 0 heterocycles. The predicted octanol–water partition coefficient (Wildman–Crippen LogP) is -0.411. The lowest BCUT2D eigenvalue weighted by molar-refractivity contribution is -0.121. The maximum absolute atomic E-state index is 10.5. The first-order chi connectivity index (χ1) is 4.24. The molecule has 4 heteroatoms. The highest BCUT2D eigenvalue weighted by Crippen LogP contribution is 2.04. The first-order valence-electron chi connectivity index (χ1n) is 2.50. The van der Waals surface area contributed by atoms with E-state index in [-0.39, 0.29) is 30.1 Å². The fourth-order valence-electron chi connectivity index (χ4n) is 0.720. The lowest BCUT2D eigenvalue weighted by Crippen LogP contribution is -2.04. The van der Waals surface area contributed by atoms with Crippen LogP contribution in [0.25, 0.3) is 5.53 Å². The standard InChI is InChI=1S/C5H4N2O2/c6-7-4-1-3(8)2-5(4)9/h1-2H2. The topological polar surface area (TPSA) is 70.5 Å². The molecule has 1 aliphatic rings. The van der Waals surface area contributed by atoms with Gasteiger partial charge >= 0.3 is 5.71 Å². The molecule has 0 aromatic heterocycles. The number of nitrogens with zero attached hydrogens (tertiary/aromatic N) is 2. The lowest BCUT2D eigenvalue weighted by Gasteiger charge is -1.68. The van der Waals surface area contributed by atoms with Crippen LogP contribution in [-0.2, 0) is 9.59 Å². The predicted molar refractivity (Wildman–Crippen MR) is 27.9 cm³/mol. The lowest BCUT2D eigenvalue weighted by atomic mass is 10.3. The van der Waals surface area contributed by atoms with Crippen molar-refractivity contribution in [3.63, 3.8) is 0 Å². The van der Waals surface area contributed by atoms with Gasteiger partial charge in [-0.25, -0.2) is 0 Å². The van der Waals surface area contributed by atoms with Gasteiger partial charge in [0.25, 0.3) is 0 Å². The van der Waals surface area contributed by atoms with Crippen molar-refractivity contribution >= 4 is 17.3 Å². The second-order valence-electron chi connectivity index (χ2n) is 1.86. The van der Waals surface area contributed by atoms with E-state index in [0.29, 0.717) is 0 Å². The summed E-state index contributed by atoms with van der Waals surface area (Å²) < 4.78 is 0. The number of Topliss-reactive ketones (excluding diaryl/α,β-unsaturated/α-hetero) is 2. The van der Waals surface area contributed by atoms with E-state index in [2.05, 4.69) is 4.79 Å². The number of hydrogen-bond donors (Lipinski definition) is 0. The largest absolute Gasteiger partial charge is 0.361 e. The number of carbonyl (C=O) groups excluding carboxylic acids is 2. The Morgan fingerprint density at radius 2 is 2.00 bits per heavy atom. The van der Waals surface area contributed by atoms with Crippen LogP contribution in [0.1, 0.15) is 12.8 Å². The van der Waals surface area contributed by atoms with Gasteiger partial charge in [-0.05, 0) is 0 Å². The van der Waals surface area contributed by atoms with Crippen molar-refractivity contribution < 1.29 is 14.4 Å². The summed E-state index contributed by atoms with van der Waals surface area (Å²) in [7, 11) is 0. The van der Waals surface area contributed by atoms with Gasteiger partial charge in [-0.3, -0.25) is 9.59 Å². The van der Waals surface area contributed by atoms with Crippen LogP contribution in [0.3, 0.4) is 0 Å². The quantitative estimate of drug-likeness (QED) is 0.250. The van der Waals surface area contributed by atoms with Crippen molar-refractivity contribution in [2.75, 3.05) is 0 Å². The monoisotopic (exact) mass is 124 g/mol. The molecule has 0 aromatic rings. The van der Waals surface area contributed by atoms with Crippen molar-refractivity contribution in [1.82, 2.24) is 0 Å². The minimum Gasteiger partial charge on any atom is -0.361 e. The third kappa shape index (κ3) is 0.925. The summed E-state index contributed by atoms with van der Waals surface area (Å²) in [6.07, 6.45) is -0.102. The molecular weight excluding hydrogens is 120 g/mol. The van der Waals surface area contributed by atoms with Crippen molar-refractivity contribution in [3.05, 3.63) is 5.53 Å². The fraction of sp³-hybridized carbons (Fsp3) is 0.400. The van der Waals surface area contributed by atoms with Crippen LogP contribution in [0.2, 0.25) is 0 Å². The van der Waals surface area contributed by atoms with Gasteiger partial charge in [0.05, 0.1) is 6.42 Å². The first kappa shape index (κ1) is 5.85. The number of carbonyl (C=O) groups is 2. The van der Waals surface area contributed by atoms with Gasteiger partial charge in [0.2, 0.25) is 5.78 Å². The van der Waals surface area contributed by atoms with Crippen LogP contribution in [-0.4, -0.2) is 22.1 Å². The molecule has 1 aliphatic carbocycles. The van der Waals surface area contributed by atoms with Crippen molar-refractivity contribution in [2.24, 2.45) is 0 Å². The summed E-state index contributed by atoms with van der Waals surface area (Å²) in [5, 5.41) is 0. The Bertz CT molecular complexity index is 225. The van der Waals surface area contributed by atoms with Crippen LogP contribution in [0, 0.1) is 0 Å². The molecule has 0 unspecified atom stereocenters. The van der Waals surface area contributed by atoms with E-state index in [9.17, 15) is 9.59 Å². The third-order valence-electron chi connectivity index (χ3n) is 1.16. The Labute approximate surface area is 51.1 Å². The van der Waals surface area contributed by atoms with Gasteiger partial charge in [-0.2, -0.15) is 4.79 Å². The molecule has 0 radical (unpaired) electrons. The van der Waals surface area contributed by atoms with E-state index in [0.717, 1.165) is 0 Å². The summed E-state index contributed by atoms with van der Waals surface area (Å²) >= 11 is 0. The summed E-state index contributed by atoms with van der Waals surface area (Å²) in [6.45, 7) is 0. The van der Waals surface area contributed by atoms with E-state index in [4.69, 9.17) is 5.53 Å². The highest BCUT2D eigenvalue weighted by Gasteiger charge is 2.33. The number of hydrogen-bond acceptors (Lipinski definition) is 2. The average Bonchev–Trinajstić information content (AvgIpc) is 2.10. The van der Waals surface area contributed by atoms with E-state index in [1.807, 2.05) is 0 Å². The molecule has 0 aliphatic heterocycles. The summed E-state index contributed by atoms with van der Waals surface area (Å²) in [4.78, 5) is 23.6. The summed E-state index contributed by atoms with van der Waals surface area (Å²) in [5.41, 5.74) is 8.06. The van der Waals surface area contributed by atoms with E-state index in [1.54, 1.807) is 0 Å². The van der Waals surface area contributed by atoms with Crippen LogP contribution in [0.5, 0.6) is 0 Å². The molecule has 46 valence electrons. The molecule has 0 N–H and O–H groups in total.